The molecule has 1 aromatic carbocycles. The van der Waals surface area contributed by atoms with Crippen LogP contribution < -0.4 is 5.32 Å². The zero-order valence-corrected chi connectivity index (χ0v) is 15.2. The molecule has 0 saturated heterocycles. The van der Waals surface area contributed by atoms with Crippen molar-refractivity contribution in [3.8, 4) is 11.3 Å². The predicted molar refractivity (Wildman–Crippen MR) is 102 cm³/mol. The molecule has 126 valence electrons. The Hall–Kier alpha value is -2.44. The number of halogens is 1. The van der Waals surface area contributed by atoms with Crippen LogP contribution in [-0.4, -0.2) is 26.1 Å². The molecule has 0 unspecified atom stereocenters. The van der Waals surface area contributed by atoms with Crippen LogP contribution in [0.15, 0.2) is 48.8 Å². The summed E-state index contributed by atoms with van der Waals surface area (Å²) in [6, 6.07) is 11.8. The summed E-state index contributed by atoms with van der Waals surface area (Å²) in [7, 11) is 0. The standard InChI is InChI=1S/C18H16ClN5S/c1-12-2-3-13(10-21-12)8-9-20-17-23-24-11-16(22-18(24)25-17)14-4-6-15(19)7-5-14/h2-7,10-11H,8-9H2,1H3,(H,20,23). The Labute approximate surface area is 154 Å². The van der Waals surface area contributed by atoms with Gasteiger partial charge in [0.1, 0.15) is 0 Å². The summed E-state index contributed by atoms with van der Waals surface area (Å²) < 4.78 is 1.81. The highest BCUT2D eigenvalue weighted by molar-refractivity contribution is 7.20. The molecule has 0 fully saturated rings. The van der Waals surface area contributed by atoms with Gasteiger partial charge in [0.15, 0.2) is 0 Å². The molecule has 3 heterocycles. The third-order valence-electron chi connectivity index (χ3n) is 3.85. The number of anilines is 1. The Morgan fingerprint density at radius 3 is 2.72 bits per heavy atom. The minimum absolute atomic E-state index is 0.721. The van der Waals surface area contributed by atoms with Crippen molar-refractivity contribution in [1.29, 1.82) is 0 Å². The highest BCUT2D eigenvalue weighted by Crippen LogP contribution is 2.25. The van der Waals surface area contributed by atoms with Gasteiger partial charge in [0, 0.05) is 29.0 Å². The van der Waals surface area contributed by atoms with Gasteiger partial charge in [0.25, 0.3) is 0 Å². The maximum Gasteiger partial charge on any atom is 0.214 e. The summed E-state index contributed by atoms with van der Waals surface area (Å²) in [6.45, 7) is 2.80. The van der Waals surface area contributed by atoms with Gasteiger partial charge in [0.05, 0.1) is 11.9 Å². The Bertz CT molecular complexity index is 957. The topological polar surface area (TPSA) is 55.1 Å². The van der Waals surface area contributed by atoms with Crippen LogP contribution in [0.4, 0.5) is 5.13 Å². The molecule has 0 spiro atoms. The summed E-state index contributed by atoms with van der Waals surface area (Å²) in [5.74, 6) is 0. The largest absolute Gasteiger partial charge is 0.360 e. The average Bonchev–Trinajstić information content (AvgIpc) is 3.16. The second kappa shape index (κ2) is 6.82. The number of fused-ring (bicyclic) bond motifs is 1. The van der Waals surface area contributed by atoms with Crippen LogP contribution in [-0.2, 0) is 6.42 Å². The fourth-order valence-electron chi connectivity index (χ4n) is 2.49. The van der Waals surface area contributed by atoms with E-state index in [-0.39, 0.29) is 0 Å². The lowest BCUT2D eigenvalue weighted by Crippen LogP contribution is -2.05. The number of aromatic nitrogens is 4. The maximum atomic E-state index is 5.93. The van der Waals surface area contributed by atoms with Gasteiger partial charge in [-0.3, -0.25) is 4.98 Å². The van der Waals surface area contributed by atoms with Crippen LogP contribution in [0, 0.1) is 6.92 Å². The molecule has 0 saturated carbocycles. The number of nitrogens with zero attached hydrogens (tertiary/aromatic N) is 4. The number of aryl methyl sites for hydroxylation is 1. The molecule has 4 rings (SSSR count). The normalized spacial score (nSPS) is 11.1. The molecule has 0 bridgehead atoms. The van der Waals surface area contributed by atoms with Crippen molar-refractivity contribution in [2.45, 2.75) is 13.3 Å². The highest BCUT2D eigenvalue weighted by atomic mass is 35.5. The first-order valence-corrected chi connectivity index (χ1v) is 9.14. The summed E-state index contributed by atoms with van der Waals surface area (Å²) in [5, 5.41) is 9.48. The minimum atomic E-state index is 0.721. The van der Waals surface area contributed by atoms with Crippen molar-refractivity contribution in [2.24, 2.45) is 0 Å². The Morgan fingerprint density at radius 2 is 2.00 bits per heavy atom. The summed E-state index contributed by atoms with van der Waals surface area (Å²) in [6.07, 6.45) is 4.76. The molecule has 0 aliphatic carbocycles. The maximum absolute atomic E-state index is 5.93. The number of pyridine rings is 1. The molecule has 1 N–H and O–H groups in total. The number of nitrogens with one attached hydrogen (secondary N) is 1. The second-order valence-electron chi connectivity index (χ2n) is 5.75. The van der Waals surface area contributed by atoms with E-state index in [0.717, 1.165) is 45.0 Å². The van der Waals surface area contributed by atoms with Gasteiger partial charge in [-0.05, 0) is 37.1 Å². The zero-order valence-electron chi connectivity index (χ0n) is 13.6. The van der Waals surface area contributed by atoms with E-state index in [1.54, 1.807) is 11.3 Å². The monoisotopic (exact) mass is 369 g/mol. The van der Waals surface area contributed by atoms with E-state index in [2.05, 4.69) is 26.4 Å². The Kier molecular flexibility index (Phi) is 4.38. The van der Waals surface area contributed by atoms with Crippen LogP contribution in [0.5, 0.6) is 0 Å². The molecule has 0 aliphatic heterocycles. The molecular weight excluding hydrogens is 354 g/mol. The molecule has 0 aliphatic rings. The van der Waals surface area contributed by atoms with Crippen molar-refractivity contribution in [1.82, 2.24) is 19.6 Å². The lowest BCUT2D eigenvalue weighted by Gasteiger charge is -2.02. The van der Waals surface area contributed by atoms with E-state index in [1.165, 1.54) is 5.56 Å². The van der Waals surface area contributed by atoms with Crippen molar-refractivity contribution in [2.75, 3.05) is 11.9 Å². The lowest BCUT2D eigenvalue weighted by atomic mass is 10.2. The van der Waals surface area contributed by atoms with E-state index in [9.17, 15) is 0 Å². The quantitative estimate of drug-likeness (QED) is 0.564. The van der Waals surface area contributed by atoms with Gasteiger partial charge in [-0.1, -0.05) is 41.1 Å². The van der Waals surface area contributed by atoms with Crippen LogP contribution in [0.2, 0.25) is 5.02 Å². The molecule has 0 radical (unpaired) electrons. The van der Waals surface area contributed by atoms with E-state index < -0.39 is 0 Å². The van der Waals surface area contributed by atoms with Crippen LogP contribution in [0.3, 0.4) is 0 Å². The van der Waals surface area contributed by atoms with Crippen LogP contribution in [0.25, 0.3) is 16.2 Å². The number of rotatable bonds is 5. The first-order valence-electron chi connectivity index (χ1n) is 7.95. The summed E-state index contributed by atoms with van der Waals surface area (Å²) in [4.78, 5) is 9.81. The van der Waals surface area contributed by atoms with Gasteiger partial charge >= 0.3 is 0 Å². The van der Waals surface area contributed by atoms with Crippen molar-refractivity contribution in [3.05, 3.63) is 65.1 Å². The number of benzene rings is 1. The van der Waals surface area contributed by atoms with Gasteiger partial charge in [-0.25, -0.2) is 9.50 Å². The van der Waals surface area contributed by atoms with Crippen molar-refractivity contribution < 1.29 is 0 Å². The first kappa shape index (κ1) is 16.1. The Morgan fingerprint density at radius 1 is 1.16 bits per heavy atom. The number of hydrogen-bond donors (Lipinski definition) is 1. The van der Waals surface area contributed by atoms with Crippen LogP contribution in [0.1, 0.15) is 11.3 Å². The van der Waals surface area contributed by atoms with Gasteiger partial charge in [-0.15, -0.1) is 5.10 Å². The fraction of sp³-hybridized carbons (Fsp3) is 0.167. The molecule has 3 aromatic heterocycles. The smallest absolute Gasteiger partial charge is 0.214 e. The van der Waals surface area contributed by atoms with Crippen molar-refractivity contribution >= 4 is 33.0 Å². The predicted octanol–water partition coefficient (Wildman–Crippen LogP) is 4.47. The summed E-state index contributed by atoms with van der Waals surface area (Å²) in [5.41, 5.74) is 4.18. The Balaban J connectivity index is 1.42. The molecule has 0 amide bonds. The number of hydrogen-bond acceptors (Lipinski definition) is 5. The molecule has 4 aromatic rings. The van der Waals surface area contributed by atoms with E-state index in [4.69, 9.17) is 11.6 Å². The van der Waals surface area contributed by atoms with E-state index in [0.29, 0.717) is 0 Å². The fourth-order valence-corrected chi connectivity index (χ4v) is 3.42. The minimum Gasteiger partial charge on any atom is -0.360 e. The third-order valence-corrected chi connectivity index (χ3v) is 4.98. The average molecular weight is 370 g/mol. The molecule has 5 nitrogen and oxygen atoms in total. The zero-order chi connectivity index (χ0) is 17.2. The van der Waals surface area contributed by atoms with E-state index >= 15 is 0 Å². The van der Waals surface area contributed by atoms with Crippen LogP contribution >= 0.6 is 22.9 Å². The number of imidazole rings is 1. The van der Waals surface area contributed by atoms with Gasteiger partial charge in [-0.2, -0.15) is 0 Å². The molecule has 7 heteroatoms. The molecule has 0 atom stereocenters. The molecular formula is C18H16ClN5S. The SMILES string of the molecule is Cc1ccc(CCNc2nn3cc(-c4ccc(Cl)cc4)nc3s2)cn1. The van der Waals surface area contributed by atoms with Gasteiger partial charge < -0.3 is 5.32 Å². The van der Waals surface area contributed by atoms with Gasteiger partial charge in [0.2, 0.25) is 10.1 Å². The van der Waals surface area contributed by atoms with Crippen molar-refractivity contribution in [3.63, 3.8) is 0 Å². The first-order chi connectivity index (χ1) is 12.2. The third kappa shape index (κ3) is 3.65. The second-order valence-corrected chi connectivity index (χ2v) is 7.14. The lowest BCUT2D eigenvalue weighted by molar-refractivity contribution is 0.943. The summed E-state index contributed by atoms with van der Waals surface area (Å²) >= 11 is 7.47. The molecule has 25 heavy (non-hydrogen) atoms. The highest BCUT2D eigenvalue weighted by Gasteiger charge is 2.09. The van der Waals surface area contributed by atoms with E-state index in [1.807, 2.05) is 54.2 Å².